The zero-order chi connectivity index (χ0) is 24.8. The van der Waals surface area contributed by atoms with Gasteiger partial charge in [0.25, 0.3) is 5.91 Å². The van der Waals surface area contributed by atoms with Crippen LogP contribution in [0.3, 0.4) is 0 Å². The molecule has 1 aliphatic carbocycles. The van der Waals surface area contributed by atoms with E-state index in [-0.39, 0.29) is 34.5 Å². The molecule has 0 spiro atoms. The molecule has 0 aromatic carbocycles. The van der Waals surface area contributed by atoms with Gasteiger partial charge in [-0.2, -0.15) is 0 Å². The molecule has 2 fully saturated rings. The highest BCUT2D eigenvalue weighted by molar-refractivity contribution is 5.81. The fourth-order valence-electron chi connectivity index (χ4n) is 5.66. The van der Waals surface area contributed by atoms with Crippen molar-refractivity contribution in [2.24, 2.45) is 28.8 Å². The fraction of sp³-hybridized carbons (Fsp3) is 0.808. The number of likely N-dealkylation sites (N-methyl/N-ethyl adjacent to an activating group) is 1. The molecular weight excluding hydrogens is 430 g/mol. The second kappa shape index (κ2) is 9.26. The minimum atomic E-state index is -0.401. The monoisotopic (exact) mass is 473 g/mol. The first-order chi connectivity index (χ1) is 15.9. The Morgan fingerprint density at radius 1 is 1.29 bits per heavy atom. The summed E-state index contributed by atoms with van der Waals surface area (Å²) in [4.78, 5) is 33.2. The van der Waals surface area contributed by atoms with Crippen molar-refractivity contribution in [2.75, 3.05) is 26.7 Å². The van der Waals surface area contributed by atoms with Crippen LogP contribution in [-0.2, 0) is 23.1 Å². The smallest absolute Gasteiger partial charge is 0.330 e. The van der Waals surface area contributed by atoms with Gasteiger partial charge in [0.1, 0.15) is 6.10 Å². The molecule has 1 saturated carbocycles. The van der Waals surface area contributed by atoms with Crippen molar-refractivity contribution in [3.63, 3.8) is 0 Å². The van der Waals surface area contributed by atoms with Crippen molar-refractivity contribution in [1.82, 2.24) is 19.4 Å². The zero-order valence-electron chi connectivity index (χ0n) is 22.1. The highest BCUT2D eigenvalue weighted by atomic mass is 16.5. The van der Waals surface area contributed by atoms with E-state index in [1.807, 2.05) is 18.7 Å². The third-order valence-electron chi connectivity index (χ3n) is 7.89. The lowest BCUT2D eigenvalue weighted by Gasteiger charge is -2.44. The van der Waals surface area contributed by atoms with E-state index in [9.17, 15) is 9.59 Å². The van der Waals surface area contributed by atoms with E-state index < -0.39 is 6.10 Å². The Kier molecular flexibility index (Phi) is 6.86. The summed E-state index contributed by atoms with van der Waals surface area (Å²) >= 11 is 0. The van der Waals surface area contributed by atoms with Gasteiger partial charge in [0, 0.05) is 32.7 Å². The summed E-state index contributed by atoms with van der Waals surface area (Å²) in [5.74, 6) is 0.375. The Morgan fingerprint density at radius 2 is 2.03 bits per heavy atom. The molecule has 8 heteroatoms. The maximum absolute atomic E-state index is 13.0. The van der Waals surface area contributed by atoms with Gasteiger partial charge in [-0.25, -0.2) is 4.79 Å². The number of imidazole rings is 1. The summed E-state index contributed by atoms with van der Waals surface area (Å²) in [7, 11) is 3.86. The van der Waals surface area contributed by atoms with Gasteiger partial charge in [0.2, 0.25) is 0 Å². The van der Waals surface area contributed by atoms with Crippen molar-refractivity contribution in [2.45, 2.75) is 85.0 Å². The summed E-state index contributed by atoms with van der Waals surface area (Å²) in [6, 6.07) is 0.219. The van der Waals surface area contributed by atoms with Crippen LogP contribution >= 0.6 is 0 Å². The summed E-state index contributed by atoms with van der Waals surface area (Å²) in [5.41, 5.74) is 0.850. The molecule has 8 nitrogen and oxygen atoms in total. The molecule has 3 heterocycles. The molecule has 3 aliphatic rings. The predicted octanol–water partition coefficient (Wildman–Crippen LogP) is 1.05. The molecule has 190 valence electrons. The van der Waals surface area contributed by atoms with E-state index in [0.717, 1.165) is 43.1 Å². The number of ether oxygens (including phenoxy) is 1. The molecule has 34 heavy (non-hydrogen) atoms. The van der Waals surface area contributed by atoms with Gasteiger partial charge in [-0.15, -0.1) is 0 Å². The second-order valence-corrected chi connectivity index (χ2v) is 12.5. The zero-order valence-corrected chi connectivity index (χ0v) is 22.1. The molecular formula is C26H43N5O3. The Hall–Kier alpha value is -1.93. The summed E-state index contributed by atoms with van der Waals surface area (Å²) < 4.78 is 9.33. The van der Waals surface area contributed by atoms with Gasteiger partial charge in [0.15, 0.2) is 5.49 Å². The van der Waals surface area contributed by atoms with Crippen LogP contribution in [0.2, 0.25) is 0 Å². The van der Waals surface area contributed by atoms with Crippen molar-refractivity contribution >= 4 is 12.0 Å². The predicted molar refractivity (Wildman–Crippen MR) is 133 cm³/mol. The molecule has 1 saturated heterocycles. The SMILES string of the molecule is CN1CCOC(C(=O)NC2CC(C3CC=c4c(n(C)c(=O)n4CC(C)(C)C)=N3)CCC2(C)C)C1. The summed E-state index contributed by atoms with van der Waals surface area (Å²) in [6.07, 6.45) is 5.66. The van der Waals surface area contributed by atoms with Crippen LogP contribution in [0.15, 0.2) is 9.79 Å². The lowest BCUT2D eigenvalue weighted by Crippen LogP contribution is -2.56. The average Bonchev–Trinajstić information content (AvgIpc) is 2.98. The van der Waals surface area contributed by atoms with E-state index in [0.29, 0.717) is 25.6 Å². The Labute approximate surface area is 203 Å². The van der Waals surface area contributed by atoms with Gasteiger partial charge in [0.05, 0.1) is 18.0 Å². The molecule has 0 bridgehead atoms. The Bertz CT molecular complexity index is 1090. The first-order valence-corrected chi connectivity index (χ1v) is 12.8. The van der Waals surface area contributed by atoms with Crippen LogP contribution in [0.5, 0.6) is 0 Å². The molecule has 1 aromatic heterocycles. The largest absolute Gasteiger partial charge is 0.366 e. The molecule has 1 amide bonds. The topological polar surface area (TPSA) is 80.9 Å². The number of hydrogen-bond donors (Lipinski definition) is 1. The van der Waals surface area contributed by atoms with E-state index in [1.54, 1.807) is 4.57 Å². The highest BCUT2D eigenvalue weighted by Crippen LogP contribution is 2.41. The van der Waals surface area contributed by atoms with Crippen LogP contribution in [0.25, 0.3) is 6.08 Å². The van der Waals surface area contributed by atoms with Crippen molar-refractivity contribution in [3.8, 4) is 0 Å². The molecule has 1 N–H and O–H groups in total. The maximum atomic E-state index is 13.0. The number of aromatic nitrogens is 2. The quantitative estimate of drug-likeness (QED) is 0.709. The second-order valence-electron chi connectivity index (χ2n) is 12.5. The van der Waals surface area contributed by atoms with Gasteiger partial charge in [-0.05, 0) is 49.5 Å². The van der Waals surface area contributed by atoms with Crippen LogP contribution in [0, 0.1) is 16.7 Å². The number of morpholine rings is 1. The van der Waals surface area contributed by atoms with Crippen LogP contribution in [0.1, 0.15) is 60.3 Å². The molecule has 4 rings (SSSR count). The number of nitrogens with zero attached hydrogens (tertiary/aromatic N) is 4. The van der Waals surface area contributed by atoms with Gasteiger partial charge < -0.3 is 15.0 Å². The molecule has 0 radical (unpaired) electrons. The fourth-order valence-corrected chi connectivity index (χ4v) is 5.66. The van der Waals surface area contributed by atoms with E-state index in [4.69, 9.17) is 9.73 Å². The van der Waals surface area contributed by atoms with Crippen molar-refractivity contribution in [3.05, 3.63) is 21.3 Å². The Morgan fingerprint density at radius 3 is 2.71 bits per heavy atom. The normalized spacial score (nSPS) is 29.6. The molecule has 2 aliphatic heterocycles. The molecule has 4 unspecified atom stereocenters. The van der Waals surface area contributed by atoms with Gasteiger partial charge >= 0.3 is 5.69 Å². The minimum absolute atomic E-state index is 0.00126. The standard InChI is InChI=1S/C26H43N5O3/c1-25(2,3)16-31-19-9-8-18(27-22(19)30(7)24(31)33)17-10-11-26(4,5)21(14-17)28-23(32)20-15-29(6)12-13-34-20/h9,17-18,20-21H,8,10-16H2,1-7H3,(H,28,32). The third kappa shape index (κ3) is 5.18. The number of carbonyl (C=O) groups excluding carboxylic acids is 1. The minimum Gasteiger partial charge on any atom is -0.366 e. The number of carbonyl (C=O) groups is 1. The number of amides is 1. The molecule has 4 atom stereocenters. The number of rotatable bonds is 4. The van der Waals surface area contributed by atoms with Crippen molar-refractivity contribution < 1.29 is 9.53 Å². The Balaban J connectivity index is 1.52. The number of fused-ring (bicyclic) bond motifs is 1. The number of hydrogen-bond acceptors (Lipinski definition) is 5. The lowest BCUT2D eigenvalue weighted by atomic mass is 9.67. The van der Waals surface area contributed by atoms with E-state index >= 15 is 0 Å². The number of nitrogens with one attached hydrogen (secondary N) is 1. The van der Waals surface area contributed by atoms with E-state index in [2.05, 4.69) is 50.9 Å². The molecule has 1 aromatic rings. The van der Waals surface area contributed by atoms with Crippen molar-refractivity contribution in [1.29, 1.82) is 0 Å². The first kappa shape index (κ1) is 25.2. The lowest BCUT2D eigenvalue weighted by molar-refractivity contribution is -0.140. The summed E-state index contributed by atoms with van der Waals surface area (Å²) in [6.45, 7) is 13.7. The first-order valence-electron chi connectivity index (χ1n) is 12.8. The maximum Gasteiger partial charge on any atom is 0.330 e. The van der Waals surface area contributed by atoms with E-state index in [1.165, 1.54) is 0 Å². The average molecular weight is 474 g/mol. The third-order valence-corrected chi connectivity index (χ3v) is 7.89. The van der Waals surface area contributed by atoms with Gasteiger partial charge in [-0.3, -0.25) is 18.9 Å². The highest BCUT2D eigenvalue weighted by Gasteiger charge is 2.41. The van der Waals surface area contributed by atoms with Crippen LogP contribution < -0.4 is 21.8 Å². The van der Waals surface area contributed by atoms with Crippen LogP contribution in [-0.4, -0.2) is 64.9 Å². The van der Waals surface area contributed by atoms with Gasteiger partial charge in [-0.1, -0.05) is 40.7 Å². The van der Waals surface area contributed by atoms with Crippen LogP contribution in [0.4, 0.5) is 0 Å². The summed E-state index contributed by atoms with van der Waals surface area (Å²) in [5, 5.41) is 4.29.